The van der Waals surface area contributed by atoms with Crippen LogP contribution in [0.5, 0.6) is 0 Å². The number of anilines is 1. The quantitative estimate of drug-likeness (QED) is 0.589. The molecule has 1 aliphatic carbocycles. The Morgan fingerprint density at radius 3 is 2.89 bits per heavy atom. The Bertz CT molecular complexity index is 570. The first-order valence-electron chi connectivity index (χ1n) is 5.92. The van der Waals surface area contributed by atoms with E-state index in [1.165, 1.54) is 6.33 Å². The average Bonchev–Trinajstić information content (AvgIpc) is 2.77. The van der Waals surface area contributed by atoms with Crippen LogP contribution in [0.2, 0.25) is 0 Å². The molecule has 0 saturated heterocycles. The number of nitrogens with two attached hydrogens (primary N) is 1. The van der Waals surface area contributed by atoms with E-state index in [0.717, 1.165) is 6.42 Å². The minimum atomic E-state index is 0.00536. The molecule has 0 amide bonds. The third-order valence-electron chi connectivity index (χ3n) is 3.79. The van der Waals surface area contributed by atoms with E-state index in [2.05, 4.69) is 19.9 Å². The second kappa shape index (κ2) is 4.18. The van der Waals surface area contributed by atoms with Crippen molar-refractivity contribution in [2.45, 2.75) is 12.3 Å². The van der Waals surface area contributed by atoms with E-state index in [-0.39, 0.29) is 31.0 Å². The molecular weight excluding hydrogens is 234 g/mol. The predicted molar refractivity (Wildman–Crippen MR) is 64.6 cm³/mol. The highest BCUT2D eigenvalue weighted by atomic mass is 16.3. The van der Waals surface area contributed by atoms with Gasteiger partial charge in [-0.05, 0) is 18.3 Å². The lowest BCUT2D eigenvalue weighted by Crippen LogP contribution is -2.40. The van der Waals surface area contributed by atoms with Gasteiger partial charge in [0, 0.05) is 19.1 Å². The summed E-state index contributed by atoms with van der Waals surface area (Å²) < 4.78 is 0. The normalized spacial score (nSPS) is 27.3. The Labute approximate surface area is 103 Å². The first kappa shape index (κ1) is 11.4. The zero-order chi connectivity index (χ0) is 12.7. The number of aromatic amines is 1. The van der Waals surface area contributed by atoms with Gasteiger partial charge in [0.05, 0.1) is 6.33 Å². The van der Waals surface area contributed by atoms with Gasteiger partial charge >= 0.3 is 0 Å². The number of H-pyrrole nitrogens is 1. The maximum absolute atomic E-state index is 9.34. The van der Waals surface area contributed by atoms with Crippen LogP contribution in [0.3, 0.4) is 0 Å². The topological polar surface area (TPSA) is 121 Å². The molecular formula is C11H15N5O2. The van der Waals surface area contributed by atoms with Gasteiger partial charge < -0.3 is 20.9 Å². The van der Waals surface area contributed by atoms with Crippen molar-refractivity contribution in [3.05, 3.63) is 12.2 Å². The highest BCUT2D eigenvalue weighted by Gasteiger charge is 2.42. The third kappa shape index (κ3) is 1.55. The average molecular weight is 249 g/mol. The number of imidazole rings is 1. The van der Waals surface area contributed by atoms with E-state index in [4.69, 9.17) is 10.8 Å². The molecule has 1 aliphatic rings. The maximum Gasteiger partial charge on any atom is 0.183 e. The summed E-state index contributed by atoms with van der Waals surface area (Å²) in [5.41, 5.74) is 7.02. The second-order valence-electron chi connectivity index (χ2n) is 4.70. The molecule has 0 unspecified atom stereocenters. The number of hydrogen-bond acceptors (Lipinski definition) is 6. The van der Waals surface area contributed by atoms with Crippen molar-refractivity contribution in [2.24, 2.45) is 11.8 Å². The van der Waals surface area contributed by atoms with Crippen LogP contribution < -0.4 is 5.73 Å². The lowest BCUT2D eigenvalue weighted by Gasteiger charge is -2.41. The zero-order valence-corrected chi connectivity index (χ0v) is 9.74. The molecule has 0 bridgehead atoms. The van der Waals surface area contributed by atoms with Gasteiger partial charge in [-0.25, -0.2) is 15.0 Å². The Morgan fingerprint density at radius 1 is 1.33 bits per heavy atom. The number of hydrogen-bond donors (Lipinski definition) is 4. The SMILES string of the molecule is Nc1nc([C@H]2C[C@H](CO)[C@@H]2CO)nc2nc[nH]c12. The van der Waals surface area contributed by atoms with Gasteiger partial charge in [0.15, 0.2) is 11.5 Å². The summed E-state index contributed by atoms with van der Waals surface area (Å²) >= 11 is 0. The number of nitrogens with zero attached hydrogens (tertiary/aromatic N) is 3. The molecule has 96 valence electrons. The Kier molecular flexibility index (Phi) is 2.64. The lowest BCUT2D eigenvalue weighted by atomic mass is 9.65. The fraction of sp³-hybridized carbons (Fsp3) is 0.545. The monoisotopic (exact) mass is 249 g/mol. The number of rotatable bonds is 3. The standard InChI is InChI=1S/C11H15N5O2/c12-9-8-11(14-4-13-8)16-10(15-9)6-1-5(2-17)7(6)3-18/h4-7,17-18H,1-3H2,(H3,12,13,14,15,16)/t5-,6+,7+/m1/s1. The molecule has 0 spiro atoms. The van der Waals surface area contributed by atoms with Gasteiger partial charge in [-0.1, -0.05) is 0 Å². The van der Waals surface area contributed by atoms with E-state index in [9.17, 15) is 5.11 Å². The van der Waals surface area contributed by atoms with E-state index in [1.54, 1.807) is 0 Å². The summed E-state index contributed by atoms with van der Waals surface area (Å²) in [6.07, 6.45) is 2.30. The molecule has 3 atom stereocenters. The molecule has 2 aromatic rings. The van der Waals surface area contributed by atoms with E-state index < -0.39 is 0 Å². The molecule has 7 heteroatoms. The zero-order valence-electron chi connectivity index (χ0n) is 9.74. The van der Waals surface area contributed by atoms with Crippen LogP contribution >= 0.6 is 0 Å². The summed E-state index contributed by atoms with van der Waals surface area (Å²) in [5.74, 6) is 1.16. The molecule has 7 nitrogen and oxygen atoms in total. The highest BCUT2D eigenvalue weighted by Crippen LogP contribution is 2.45. The van der Waals surface area contributed by atoms with Crippen molar-refractivity contribution >= 4 is 17.0 Å². The van der Waals surface area contributed by atoms with Crippen LogP contribution in [0.4, 0.5) is 5.82 Å². The summed E-state index contributed by atoms with van der Waals surface area (Å²) in [6.45, 7) is 0.111. The smallest absolute Gasteiger partial charge is 0.183 e. The maximum atomic E-state index is 9.34. The fourth-order valence-electron chi connectivity index (χ4n) is 2.63. The van der Waals surface area contributed by atoms with Crippen molar-refractivity contribution in [3.63, 3.8) is 0 Å². The van der Waals surface area contributed by atoms with Gasteiger partial charge in [0.25, 0.3) is 0 Å². The lowest BCUT2D eigenvalue weighted by molar-refractivity contribution is 0.0191. The largest absolute Gasteiger partial charge is 0.396 e. The minimum absolute atomic E-state index is 0.00536. The molecule has 0 radical (unpaired) electrons. The molecule has 1 fully saturated rings. The van der Waals surface area contributed by atoms with Gasteiger partial charge in [0.1, 0.15) is 11.3 Å². The summed E-state index contributed by atoms with van der Waals surface area (Å²) in [6, 6.07) is 0. The third-order valence-corrected chi connectivity index (χ3v) is 3.79. The van der Waals surface area contributed by atoms with Crippen LogP contribution in [0.1, 0.15) is 18.2 Å². The van der Waals surface area contributed by atoms with Crippen LogP contribution in [0.15, 0.2) is 6.33 Å². The number of fused-ring (bicyclic) bond motifs is 1. The molecule has 0 aromatic carbocycles. The first-order chi connectivity index (χ1) is 8.74. The van der Waals surface area contributed by atoms with Crippen molar-refractivity contribution in [1.29, 1.82) is 0 Å². The highest BCUT2D eigenvalue weighted by molar-refractivity contribution is 5.80. The van der Waals surface area contributed by atoms with E-state index >= 15 is 0 Å². The van der Waals surface area contributed by atoms with Gasteiger partial charge in [0.2, 0.25) is 0 Å². The van der Waals surface area contributed by atoms with Crippen LogP contribution in [0.25, 0.3) is 11.2 Å². The first-order valence-corrected chi connectivity index (χ1v) is 5.92. The molecule has 18 heavy (non-hydrogen) atoms. The molecule has 1 saturated carbocycles. The Balaban J connectivity index is 1.95. The van der Waals surface area contributed by atoms with Gasteiger partial charge in [-0.15, -0.1) is 0 Å². The summed E-state index contributed by atoms with van der Waals surface area (Å²) in [5, 5.41) is 18.5. The number of nitrogen functional groups attached to an aromatic ring is 1. The van der Waals surface area contributed by atoms with Crippen molar-refractivity contribution < 1.29 is 10.2 Å². The van der Waals surface area contributed by atoms with E-state index in [0.29, 0.717) is 22.8 Å². The summed E-state index contributed by atoms with van der Waals surface area (Å²) in [4.78, 5) is 15.6. The molecule has 0 aliphatic heterocycles. The molecule has 3 rings (SSSR count). The number of aromatic nitrogens is 4. The van der Waals surface area contributed by atoms with Crippen molar-refractivity contribution in [2.75, 3.05) is 18.9 Å². The molecule has 2 heterocycles. The fourth-order valence-corrected chi connectivity index (χ4v) is 2.63. The molecule has 2 aromatic heterocycles. The Hall–Kier alpha value is -1.73. The van der Waals surface area contributed by atoms with Crippen LogP contribution in [-0.2, 0) is 0 Å². The van der Waals surface area contributed by atoms with Crippen molar-refractivity contribution in [3.8, 4) is 0 Å². The van der Waals surface area contributed by atoms with Crippen molar-refractivity contribution in [1.82, 2.24) is 19.9 Å². The number of aliphatic hydroxyl groups is 2. The van der Waals surface area contributed by atoms with Gasteiger partial charge in [-0.3, -0.25) is 0 Å². The van der Waals surface area contributed by atoms with E-state index in [1.807, 2.05) is 0 Å². The number of nitrogens with one attached hydrogen (secondary N) is 1. The predicted octanol–water partition coefficient (Wildman–Crippen LogP) is -0.361. The summed E-state index contributed by atoms with van der Waals surface area (Å²) in [7, 11) is 0. The minimum Gasteiger partial charge on any atom is -0.396 e. The van der Waals surface area contributed by atoms with Gasteiger partial charge in [-0.2, -0.15) is 0 Å². The molecule has 5 N–H and O–H groups in total. The number of aliphatic hydroxyl groups excluding tert-OH is 2. The van der Waals surface area contributed by atoms with Crippen LogP contribution in [0, 0.1) is 11.8 Å². The second-order valence-corrected chi connectivity index (χ2v) is 4.70. The van der Waals surface area contributed by atoms with Crippen LogP contribution in [-0.4, -0.2) is 43.4 Å². The Morgan fingerprint density at radius 2 is 2.17 bits per heavy atom.